The summed E-state index contributed by atoms with van der Waals surface area (Å²) in [5.41, 5.74) is 6.96. The molecule has 1 atom stereocenters. The van der Waals surface area contributed by atoms with Gasteiger partial charge in [0.2, 0.25) is 0 Å². The van der Waals surface area contributed by atoms with E-state index >= 15 is 0 Å². The van der Waals surface area contributed by atoms with Gasteiger partial charge in [-0.2, -0.15) is 0 Å². The van der Waals surface area contributed by atoms with E-state index in [2.05, 4.69) is 13.8 Å². The van der Waals surface area contributed by atoms with Crippen LogP contribution in [-0.4, -0.2) is 13.2 Å². The lowest BCUT2D eigenvalue weighted by Gasteiger charge is -2.19. The van der Waals surface area contributed by atoms with Crippen LogP contribution in [0.4, 0.5) is 0 Å². The Morgan fingerprint density at radius 3 is 2.44 bits per heavy atom. The Morgan fingerprint density at radius 2 is 1.81 bits per heavy atom. The first-order valence-electron chi connectivity index (χ1n) is 5.63. The second kappa shape index (κ2) is 3.98. The Balaban J connectivity index is 2.29. The molecule has 0 saturated heterocycles. The highest BCUT2D eigenvalue weighted by molar-refractivity contribution is 5.44. The van der Waals surface area contributed by atoms with Crippen molar-refractivity contribution in [1.82, 2.24) is 0 Å². The number of benzene rings is 1. The molecular weight excluding hydrogens is 202 g/mol. The van der Waals surface area contributed by atoms with Crippen LogP contribution in [0.25, 0.3) is 0 Å². The van der Waals surface area contributed by atoms with E-state index in [4.69, 9.17) is 15.2 Å². The molecule has 1 aromatic carbocycles. The average molecular weight is 221 g/mol. The fourth-order valence-corrected chi connectivity index (χ4v) is 1.63. The quantitative estimate of drug-likeness (QED) is 0.792. The SMILES string of the molecule is CC(N)c1ccc2c(c1)OCC(C)(C)CO2. The molecule has 3 heteroatoms. The van der Waals surface area contributed by atoms with Gasteiger partial charge in [0.05, 0.1) is 13.2 Å². The Hall–Kier alpha value is -1.22. The minimum atomic E-state index is 0.0187. The van der Waals surface area contributed by atoms with Crippen LogP contribution >= 0.6 is 0 Å². The maximum atomic E-state index is 5.84. The standard InChI is InChI=1S/C13H19NO2/c1-9(14)10-4-5-11-12(6-10)16-8-13(2,3)7-15-11/h4-6,9H,7-8,14H2,1-3H3. The molecular formula is C13H19NO2. The zero-order valence-corrected chi connectivity index (χ0v) is 10.1. The number of rotatable bonds is 1. The Bertz CT molecular complexity index is 386. The molecule has 0 saturated carbocycles. The molecule has 88 valence electrons. The maximum Gasteiger partial charge on any atom is 0.161 e. The second-order valence-electron chi connectivity index (χ2n) is 5.24. The highest BCUT2D eigenvalue weighted by atomic mass is 16.5. The number of hydrogen-bond donors (Lipinski definition) is 1. The van der Waals surface area contributed by atoms with E-state index in [9.17, 15) is 0 Å². The maximum absolute atomic E-state index is 5.84. The summed E-state index contributed by atoms with van der Waals surface area (Å²) in [4.78, 5) is 0. The first-order valence-corrected chi connectivity index (χ1v) is 5.63. The molecule has 0 amide bonds. The Labute approximate surface area is 96.5 Å². The lowest BCUT2D eigenvalue weighted by atomic mass is 9.97. The molecule has 0 spiro atoms. The van der Waals surface area contributed by atoms with Crippen LogP contribution in [0.3, 0.4) is 0 Å². The molecule has 1 aliphatic heterocycles. The summed E-state index contributed by atoms with van der Waals surface area (Å²) in [7, 11) is 0. The molecule has 0 bridgehead atoms. The van der Waals surface area contributed by atoms with Gasteiger partial charge in [0.1, 0.15) is 0 Å². The highest BCUT2D eigenvalue weighted by Gasteiger charge is 2.25. The van der Waals surface area contributed by atoms with Gasteiger partial charge in [-0.3, -0.25) is 0 Å². The lowest BCUT2D eigenvalue weighted by Crippen LogP contribution is -2.26. The van der Waals surface area contributed by atoms with Crippen LogP contribution < -0.4 is 15.2 Å². The second-order valence-corrected chi connectivity index (χ2v) is 5.24. The van der Waals surface area contributed by atoms with Crippen LogP contribution in [-0.2, 0) is 0 Å². The van der Waals surface area contributed by atoms with E-state index in [0.717, 1.165) is 17.1 Å². The van der Waals surface area contributed by atoms with Gasteiger partial charge in [0.15, 0.2) is 11.5 Å². The monoisotopic (exact) mass is 221 g/mol. The van der Waals surface area contributed by atoms with Crippen LogP contribution in [0.2, 0.25) is 0 Å². The van der Waals surface area contributed by atoms with E-state index in [1.165, 1.54) is 0 Å². The third-order valence-electron chi connectivity index (χ3n) is 2.73. The summed E-state index contributed by atoms with van der Waals surface area (Å²) in [6.45, 7) is 7.57. The van der Waals surface area contributed by atoms with Crippen molar-refractivity contribution in [3.05, 3.63) is 23.8 Å². The molecule has 0 aliphatic carbocycles. The third kappa shape index (κ3) is 2.30. The summed E-state index contributed by atoms with van der Waals surface area (Å²) in [6, 6.07) is 5.92. The van der Waals surface area contributed by atoms with Gasteiger partial charge in [-0.15, -0.1) is 0 Å². The van der Waals surface area contributed by atoms with Gasteiger partial charge in [-0.05, 0) is 24.6 Å². The highest BCUT2D eigenvalue weighted by Crippen LogP contribution is 2.35. The van der Waals surface area contributed by atoms with Gasteiger partial charge in [-0.25, -0.2) is 0 Å². The van der Waals surface area contributed by atoms with E-state index in [-0.39, 0.29) is 11.5 Å². The molecule has 1 heterocycles. The summed E-state index contributed by atoms with van der Waals surface area (Å²) >= 11 is 0. The van der Waals surface area contributed by atoms with Crippen LogP contribution in [0.5, 0.6) is 11.5 Å². The van der Waals surface area contributed by atoms with E-state index in [1.807, 2.05) is 25.1 Å². The number of ether oxygens (including phenoxy) is 2. The molecule has 1 aliphatic rings. The number of hydrogen-bond acceptors (Lipinski definition) is 3. The number of nitrogens with two attached hydrogens (primary N) is 1. The molecule has 2 N–H and O–H groups in total. The molecule has 3 nitrogen and oxygen atoms in total. The van der Waals surface area contributed by atoms with Crippen molar-refractivity contribution < 1.29 is 9.47 Å². The molecule has 16 heavy (non-hydrogen) atoms. The van der Waals surface area contributed by atoms with E-state index in [0.29, 0.717) is 13.2 Å². The molecule has 1 unspecified atom stereocenters. The normalized spacial score (nSPS) is 20.0. The topological polar surface area (TPSA) is 44.5 Å². The first-order chi connectivity index (χ1) is 7.48. The van der Waals surface area contributed by atoms with Gasteiger partial charge in [-0.1, -0.05) is 19.9 Å². The molecule has 2 rings (SSSR count). The fourth-order valence-electron chi connectivity index (χ4n) is 1.63. The smallest absolute Gasteiger partial charge is 0.161 e. The van der Waals surface area contributed by atoms with Crippen LogP contribution in [0.15, 0.2) is 18.2 Å². The van der Waals surface area contributed by atoms with Crippen molar-refractivity contribution >= 4 is 0 Å². The van der Waals surface area contributed by atoms with E-state index in [1.54, 1.807) is 0 Å². The fraction of sp³-hybridized carbons (Fsp3) is 0.538. The van der Waals surface area contributed by atoms with Gasteiger partial charge < -0.3 is 15.2 Å². The lowest BCUT2D eigenvalue weighted by molar-refractivity contribution is 0.140. The Kier molecular flexibility index (Phi) is 2.80. The van der Waals surface area contributed by atoms with E-state index < -0.39 is 0 Å². The molecule has 0 radical (unpaired) electrons. The van der Waals surface area contributed by atoms with Crippen molar-refractivity contribution in [2.24, 2.45) is 11.1 Å². The Morgan fingerprint density at radius 1 is 1.19 bits per heavy atom. The largest absolute Gasteiger partial charge is 0.489 e. The minimum absolute atomic E-state index is 0.0187. The summed E-state index contributed by atoms with van der Waals surface area (Å²) in [5, 5.41) is 0. The van der Waals surface area contributed by atoms with Crippen molar-refractivity contribution in [1.29, 1.82) is 0 Å². The summed E-state index contributed by atoms with van der Waals surface area (Å²) in [6.07, 6.45) is 0. The van der Waals surface area contributed by atoms with Crippen LogP contribution in [0.1, 0.15) is 32.4 Å². The summed E-state index contributed by atoms with van der Waals surface area (Å²) in [5.74, 6) is 1.62. The van der Waals surface area contributed by atoms with Crippen molar-refractivity contribution in [2.75, 3.05) is 13.2 Å². The predicted octanol–water partition coefficient (Wildman–Crippen LogP) is 2.50. The van der Waals surface area contributed by atoms with Crippen molar-refractivity contribution in [3.63, 3.8) is 0 Å². The number of fused-ring (bicyclic) bond motifs is 1. The molecule has 0 aromatic heterocycles. The predicted molar refractivity (Wildman–Crippen MR) is 63.8 cm³/mol. The van der Waals surface area contributed by atoms with Gasteiger partial charge in [0, 0.05) is 11.5 Å². The zero-order valence-electron chi connectivity index (χ0n) is 10.1. The van der Waals surface area contributed by atoms with Crippen LogP contribution in [0, 0.1) is 5.41 Å². The van der Waals surface area contributed by atoms with Gasteiger partial charge >= 0.3 is 0 Å². The average Bonchev–Trinajstić information content (AvgIpc) is 2.38. The van der Waals surface area contributed by atoms with Crippen molar-refractivity contribution in [2.45, 2.75) is 26.8 Å². The zero-order chi connectivity index (χ0) is 11.8. The van der Waals surface area contributed by atoms with Gasteiger partial charge in [0.25, 0.3) is 0 Å². The molecule has 0 fully saturated rings. The first kappa shape index (κ1) is 11.3. The molecule has 1 aromatic rings. The third-order valence-corrected chi connectivity index (χ3v) is 2.73. The van der Waals surface area contributed by atoms with Crippen molar-refractivity contribution in [3.8, 4) is 11.5 Å². The summed E-state index contributed by atoms with van der Waals surface area (Å²) < 4.78 is 11.5. The minimum Gasteiger partial charge on any atom is -0.489 e.